The average molecular weight is 525 g/mol. The van der Waals surface area contributed by atoms with Crippen molar-refractivity contribution in [1.29, 1.82) is 0 Å². The van der Waals surface area contributed by atoms with Crippen LogP contribution in [0.25, 0.3) is 16.9 Å². The minimum absolute atomic E-state index is 0.0356. The zero-order chi connectivity index (χ0) is 23.9. The van der Waals surface area contributed by atoms with Crippen LogP contribution in [0.2, 0.25) is 0 Å². The summed E-state index contributed by atoms with van der Waals surface area (Å²) >= 11 is 3.46. The molecule has 9 heteroatoms. The Balaban J connectivity index is 0.000000226. The third kappa shape index (κ3) is 5.66. The summed E-state index contributed by atoms with van der Waals surface area (Å²) < 4.78 is 13.2. The number of fused-ring (bicyclic) bond motifs is 2. The molecule has 2 aromatic heterocycles. The summed E-state index contributed by atoms with van der Waals surface area (Å²) in [6.07, 6.45) is 3.22. The second-order valence-corrected chi connectivity index (χ2v) is 8.46. The highest BCUT2D eigenvalue weighted by Crippen LogP contribution is 2.30. The van der Waals surface area contributed by atoms with Crippen molar-refractivity contribution in [2.45, 2.75) is 19.8 Å². The molecular formula is C25H25BrN4O4. The van der Waals surface area contributed by atoms with E-state index in [9.17, 15) is 9.90 Å². The molecule has 0 saturated carbocycles. The number of hydrogen-bond acceptors (Lipinski definition) is 6. The highest BCUT2D eigenvalue weighted by Gasteiger charge is 2.13. The number of ether oxygens (including phenoxy) is 2. The quantitative estimate of drug-likeness (QED) is 0.375. The maximum atomic E-state index is 11.0. The van der Waals surface area contributed by atoms with E-state index in [2.05, 4.69) is 31.3 Å². The monoisotopic (exact) mass is 524 g/mol. The van der Waals surface area contributed by atoms with Gasteiger partial charge < -0.3 is 19.9 Å². The number of phenols is 1. The molecule has 0 fully saturated rings. The number of carbonyl (C=O) groups is 1. The number of phenolic OH excluding ortho intramolecular Hbond substituents is 1. The summed E-state index contributed by atoms with van der Waals surface area (Å²) in [6, 6.07) is 16.7. The van der Waals surface area contributed by atoms with Crippen molar-refractivity contribution in [3.63, 3.8) is 0 Å². The van der Waals surface area contributed by atoms with Crippen molar-refractivity contribution in [3.05, 3.63) is 71.0 Å². The first-order chi connectivity index (χ1) is 16.5. The molecular weight excluding hydrogens is 500 g/mol. The molecule has 1 amide bonds. The minimum atomic E-state index is -0.0356. The fourth-order valence-corrected chi connectivity index (χ4v) is 3.88. The number of nitrogens with one attached hydrogen (secondary N) is 1. The van der Waals surface area contributed by atoms with Crippen molar-refractivity contribution in [2.75, 3.05) is 19.8 Å². The van der Waals surface area contributed by atoms with Crippen LogP contribution in [0, 0.1) is 0 Å². The molecule has 0 saturated heterocycles. The third-order valence-electron chi connectivity index (χ3n) is 5.11. The molecule has 34 heavy (non-hydrogen) atoms. The van der Waals surface area contributed by atoms with Crippen LogP contribution in [0.1, 0.15) is 19.0 Å². The molecule has 5 rings (SSSR count). The van der Waals surface area contributed by atoms with E-state index in [0.29, 0.717) is 36.7 Å². The number of hydrogen-bond donors (Lipinski definition) is 2. The zero-order valence-electron chi connectivity index (χ0n) is 18.7. The molecule has 0 bridgehead atoms. The van der Waals surface area contributed by atoms with E-state index in [1.807, 2.05) is 42.5 Å². The fraction of sp³-hybridized carbons (Fsp3) is 0.240. The van der Waals surface area contributed by atoms with Gasteiger partial charge in [0.05, 0.1) is 16.4 Å². The van der Waals surface area contributed by atoms with Gasteiger partial charge in [-0.25, -0.2) is 9.50 Å². The largest absolute Gasteiger partial charge is 0.507 e. The van der Waals surface area contributed by atoms with Gasteiger partial charge in [0.1, 0.15) is 19.0 Å². The molecule has 1 aliphatic heterocycles. The van der Waals surface area contributed by atoms with E-state index in [0.717, 1.165) is 34.5 Å². The van der Waals surface area contributed by atoms with Gasteiger partial charge in [-0.05, 0) is 59.1 Å². The maximum absolute atomic E-state index is 11.0. The number of aromatic hydroxyl groups is 1. The van der Waals surface area contributed by atoms with E-state index in [1.165, 1.54) is 6.92 Å². The van der Waals surface area contributed by atoms with E-state index in [1.54, 1.807) is 22.8 Å². The van der Waals surface area contributed by atoms with Gasteiger partial charge in [0, 0.05) is 24.7 Å². The first-order valence-electron chi connectivity index (χ1n) is 10.9. The Kier molecular flexibility index (Phi) is 7.64. The summed E-state index contributed by atoms with van der Waals surface area (Å²) in [4.78, 5) is 15.6. The Labute approximate surface area is 205 Å². The molecule has 176 valence electrons. The molecule has 0 atom stereocenters. The standard InChI is InChI=1S/C17H17BrN4O2.C8H8O2/c1-11(23)19-8-4-5-12-9-15(13-6-2-3-7-16(13)24)21-17-14(18)10-20-22(12)17;1-2-4-8-7(3-1)9-5-6-10-8/h2-3,6-7,9-10,24H,4-5,8H2,1H3,(H,19,23);1-4H,5-6H2. The number of benzene rings is 2. The van der Waals surface area contributed by atoms with Crippen molar-refractivity contribution in [2.24, 2.45) is 0 Å². The maximum Gasteiger partial charge on any atom is 0.216 e. The second-order valence-electron chi connectivity index (χ2n) is 7.61. The highest BCUT2D eigenvalue weighted by molar-refractivity contribution is 9.10. The number of rotatable bonds is 5. The van der Waals surface area contributed by atoms with E-state index < -0.39 is 0 Å². The fourth-order valence-electron chi connectivity index (χ4n) is 3.53. The number of halogens is 1. The van der Waals surface area contributed by atoms with Crippen LogP contribution < -0.4 is 14.8 Å². The van der Waals surface area contributed by atoms with Crippen LogP contribution in [-0.2, 0) is 11.2 Å². The number of carbonyl (C=O) groups excluding carboxylic acids is 1. The van der Waals surface area contributed by atoms with Gasteiger partial charge in [0.15, 0.2) is 17.1 Å². The summed E-state index contributed by atoms with van der Waals surface area (Å²) in [6.45, 7) is 3.44. The average Bonchev–Trinajstić information content (AvgIpc) is 3.23. The Morgan fingerprint density at radius 2 is 1.79 bits per heavy atom. The molecule has 2 N–H and O–H groups in total. The Morgan fingerprint density at radius 1 is 1.12 bits per heavy atom. The van der Waals surface area contributed by atoms with Crippen molar-refractivity contribution >= 4 is 27.5 Å². The summed E-state index contributed by atoms with van der Waals surface area (Å²) in [5.41, 5.74) is 3.03. The van der Waals surface area contributed by atoms with E-state index >= 15 is 0 Å². The summed E-state index contributed by atoms with van der Waals surface area (Å²) in [5.74, 6) is 1.86. The molecule has 3 heterocycles. The van der Waals surface area contributed by atoms with Gasteiger partial charge in [0.2, 0.25) is 5.91 Å². The first kappa shape index (κ1) is 23.6. The lowest BCUT2D eigenvalue weighted by Gasteiger charge is -2.17. The summed E-state index contributed by atoms with van der Waals surface area (Å²) in [7, 11) is 0. The van der Waals surface area contributed by atoms with E-state index in [-0.39, 0.29) is 11.7 Å². The van der Waals surface area contributed by atoms with Crippen LogP contribution in [0.15, 0.2) is 65.3 Å². The van der Waals surface area contributed by atoms with Gasteiger partial charge in [-0.2, -0.15) is 5.10 Å². The minimum Gasteiger partial charge on any atom is -0.507 e. The lowest BCUT2D eigenvalue weighted by molar-refractivity contribution is -0.118. The molecule has 0 unspecified atom stereocenters. The smallest absolute Gasteiger partial charge is 0.216 e. The SMILES string of the molecule is CC(=O)NCCCc1cc(-c2ccccc2O)nc2c(Br)cnn12.c1ccc2c(c1)OCCO2. The molecule has 1 aliphatic rings. The molecule has 4 aromatic rings. The van der Waals surface area contributed by atoms with Gasteiger partial charge in [-0.15, -0.1) is 0 Å². The topological polar surface area (TPSA) is 98.0 Å². The highest BCUT2D eigenvalue weighted by atomic mass is 79.9. The van der Waals surface area contributed by atoms with Crippen LogP contribution in [0.5, 0.6) is 17.2 Å². The summed E-state index contributed by atoms with van der Waals surface area (Å²) in [5, 5.41) is 17.2. The lowest BCUT2D eigenvalue weighted by atomic mass is 10.1. The Hall–Kier alpha value is -3.59. The Morgan fingerprint density at radius 3 is 2.47 bits per heavy atom. The Bertz CT molecular complexity index is 1270. The number of aromatic nitrogens is 3. The lowest BCUT2D eigenvalue weighted by Crippen LogP contribution is -2.21. The molecule has 0 radical (unpaired) electrons. The predicted octanol–water partition coefficient (Wildman–Crippen LogP) is 4.39. The third-order valence-corrected chi connectivity index (χ3v) is 5.67. The van der Waals surface area contributed by atoms with Crippen LogP contribution in [0.4, 0.5) is 0 Å². The van der Waals surface area contributed by atoms with Gasteiger partial charge in [0.25, 0.3) is 0 Å². The predicted molar refractivity (Wildman–Crippen MR) is 132 cm³/mol. The number of nitrogens with zero attached hydrogens (tertiary/aromatic N) is 3. The molecule has 0 spiro atoms. The van der Waals surface area contributed by atoms with Gasteiger partial charge in [-0.3, -0.25) is 4.79 Å². The first-order valence-corrected chi connectivity index (χ1v) is 11.7. The van der Waals surface area contributed by atoms with Gasteiger partial charge >= 0.3 is 0 Å². The number of aryl methyl sites for hydroxylation is 1. The molecule has 8 nitrogen and oxygen atoms in total. The number of para-hydroxylation sites is 3. The normalized spacial score (nSPS) is 12.1. The van der Waals surface area contributed by atoms with Crippen LogP contribution in [0.3, 0.4) is 0 Å². The van der Waals surface area contributed by atoms with Crippen LogP contribution >= 0.6 is 15.9 Å². The second kappa shape index (κ2) is 11.0. The molecule has 2 aromatic carbocycles. The van der Waals surface area contributed by atoms with Crippen molar-refractivity contribution < 1.29 is 19.4 Å². The van der Waals surface area contributed by atoms with Crippen LogP contribution in [-0.4, -0.2) is 45.4 Å². The molecule has 0 aliphatic carbocycles. The van der Waals surface area contributed by atoms with Crippen molar-refractivity contribution in [1.82, 2.24) is 19.9 Å². The van der Waals surface area contributed by atoms with Gasteiger partial charge in [-0.1, -0.05) is 24.3 Å². The number of amides is 1. The van der Waals surface area contributed by atoms with E-state index in [4.69, 9.17) is 9.47 Å². The van der Waals surface area contributed by atoms with Crippen molar-refractivity contribution in [3.8, 4) is 28.5 Å². The zero-order valence-corrected chi connectivity index (χ0v) is 20.3.